The Bertz CT molecular complexity index is 2690. The topological polar surface area (TPSA) is 48.8 Å². The van der Waals surface area contributed by atoms with Crippen molar-refractivity contribution in [1.82, 2.24) is 19.1 Å². The van der Waals surface area contributed by atoms with Crippen molar-refractivity contribution >= 4 is 32.8 Å². The van der Waals surface area contributed by atoms with Gasteiger partial charge in [-0.1, -0.05) is 116 Å². The summed E-state index contributed by atoms with van der Waals surface area (Å²) in [6, 6.07) is 38.9. The largest absolute Gasteiger partial charge is 0.522 e. The molecule has 0 bridgehead atoms. The molecule has 0 saturated carbocycles. The van der Waals surface area contributed by atoms with Crippen LogP contribution < -0.4 is 9.30 Å². The monoisotopic (exact) mass is 904 g/mol. The first-order valence-electron chi connectivity index (χ1n) is 18.7. The van der Waals surface area contributed by atoms with Gasteiger partial charge in [-0.15, -0.1) is 17.5 Å². The zero-order chi connectivity index (χ0) is 38.2. The van der Waals surface area contributed by atoms with Crippen LogP contribution in [0.2, 0.25) is 0 Å². The van der Waals surface area contributed by atoms with E-state index in [1.165, 1.54) is 16.7 Å². The Hall–Kier alpha value is -5.06. The summed E-state index contributed by atoms with van der Waals surface area (Å²) in [6.45, 7) is 22.4. The van der Waals surface area contributed by atoms with Crippen molar-refractivity contribution in [3.8, 4) is 28.8 Å². The molecule has 0 aliphatic heterocycles. The van der Waals surface area contributed by atoms with Crippen molar-refractivity contribution in [2.45, 2.75) is 85.5 Å². The molecule has 0 aliphatic carbocycles. The van der Waals surface area contributed by atoms with Crippen molar-refractivity contribution < 1.29 is 30.4 Å². The molecular weight excluding hydrogens is 858 g/mol. The van der Waals surface area contributed by atoms with Crippen LogP contribution in [0.3, 0.4) is 0 Å². The first-order valence-corrected chi connectivity index (χ1v) is 18.7. The number of aryl methyl sites for hydroxylation is 1. The van der Waals surface area contributed by atoms with Crippen molar-refractivity contribution in [1.29, 1.82) is 0 Å². The Morgan fingerprint density at radius 2 is 1.27 bits per heavy atom. The molecule has 4 aromatic carbocycles. The van der Waals surface area contributed by atoms with Gasteiger partial charge in [-0.3, -0.25) is 14.1 Å². The molecule has 55 heavy (non-hydrogen) atoms. The van der Waals surface area contributed by atoms with E-state index in [1.54, 1.807) is 6.20 Å². The predicted molar refractivity (Wildman–Crippen MR) is 219 cm³/mol. The number of nitrogens with zero attached hydrogens (tertiary/aromatic N) is 5. The molecule has 4 heterocycles. The average Bonchev–Trinajstić information content (AvgIpc) is 3.68. The van der Waals surface area contributed by atoms with Crippen molar-refractivity contribution in [3.05, 3.63) is 144 Å². The van der Waals surface area contributed by atoms with Crippen LogP contribution >= 0.6 is 0 Å². The number of benzene rings is 4. The van der Waals surface area contributed by atoms with E-state index in [0.29, 0.717) is 17.3 Å². The molecule has 0 unspecified atom stereocenters. The molecule has 4 aromatic heterocycles. The van der Waals surface area contributed by atoms with Gasteiger partial charge in [0.15, 0.2) is 0 Å². The summed E-state index contributed by atoms with van der Waals surface area (Å²) in [5, 5.41) is 2.22. The van der Waals surface area contributed by atoms with Gasteiger partial charge in [-0.25, -0.2) is 4.98 Å². The quantitative estimate of drug-likeness (QED) is 0.128. The Labute approximate surface area is 339 Å². The fourth-order valence-electron chi connectivity index (χ4n) is 7.10. The summed E-state index contributed by atoms with van der Waals surface area (Å²) in [6.07, 6.45) is 7.31. The second kappa shape index (κ2) is 13.9. The summed E-state index contributed by atoms with van der Waals surface area (Å²) in [5.41, 5.74) is 9.95. The van der Waals surface area contributed by atoms with E-state index in [4.69, 9.17) is 14.7 Å². The van der Waals surface area contributed by atoms with Gasteiger partial charge >= 0.3 is 0 Å². The summed E-state index contributed by atoms with van der Waals surface area (Å²) in [7, 11) is 0. The van der Waals surface area contributed by atoms with Gasteiger partial charge in [0.25, 0.3) is 6.33 Å². The van der Waals surface area contributed by atoms with Crippen LogP contribution in [0.25, 0.3) is 50.2 Å². The van der Waals surface area contributed by atoms with Crippen molar-refractivity contribution in [3.63, 3.8) is 0 Å². The molecular formula is C48H47N5OPt-2. The van der Waals surface area contributed by atoms with Crippen LogP contribution in [0, 0.1) is 25.4 Å². The van der Waals surface area contributed by atoms with E-state index >= 15 is 0 Å². The third-order valence-electron chi connectivity index (χ3n) is 10.3. The fourth-order valence-corrected chi connectivity index (χ4v) is 7.10. The van der Waals surface area contributed by atoms with Crippen LogP contribution in [0.4, 0.5) is 0 Å². The number of rotatable bonds is 5. The first-order chi connectivity index (χ1) is 25.6. The Balaban J connectivity index is 0.00000465. The number of aromatic nitrogens is 5. The molecule has 6 nitrogen and oxygen atoms in total. The Morgan fingerprint density at radius 1 is 0.618 bits per heavy atom. The molecule has 0 radical (unpaired) electrons. The van der Waals surface area contributed by atoms with E-state index in [-0.39, 0.29) is 37.3 Å². The maximum Gasteiger partial charge on any atom is 0.269 e. The fraction of sp³-hybridized carbons (Fsp3) is 0.271. The van der Waals surface area contributed by atoms with Gasteiger partial charge in [-0.2, -0.15) is 18.2 Å². The number of fused-ring (bicyclic) bond motifs is 4. The van der Waals surface area contributed by atoms with Crippen molar-refractivity contribution in [2.75, 3.05) is 0 Å². The summed E-state index contributed by atoms with van der Waals surface area (Å²) < 4.78 is 12.9. The molecule has 0 spiro atoms. The zero-order valence-electron chi connectivity index (χ0n) is 33.3. The Kier molecular flexibility index (Phi) is 9.66. The van der Waals surface area contributed by atoms with Crippen molar-refractivity contribution in [2.24, 2.45) is 0 Å². The normalized spacial score (nSPS) is 12.4. The van der Waals surface area contributed by atoms with Crippen LogP contribution in [-0.2, 0) is 37.3 Å². The van der Waals surface area contributed by atoms with E-state index in [0.717, 1.165) is 49.9 Å². The van der Waals surface area contributed by atoms with Crippen LogP contribution in [0.15, 0.2) is 103 Å². The maximum absolute atomic E-state index is 6.53. The van der Waals surface area contributed by atoms with E-state index < -0.39 is 0 Å². The third kappa shape index (κ3) is 7.13. The SMILES string of the molecule is Cc1cccc2c1[n+](-c1cc(C(C)(C)C)cc(C(C)(C)C)c1)[c-]n2-c1[c-]c(Oc2[c-]c3c(cc2)c2ccccc2n3-c2cc(C(C)(C)C)ccn2)ccn1.[Pt]. The minimum absolute atomic E-state index is 0. The molecule has 282 valence electrons. The molecule has 7 heteroatoms. The number of imidazole rings is 1. The Morgan fingerprint density at radius 3 is 1.98 bits per heavy atom. The second-order valence-electron chi connectivity index (χ2n) is 17.4. The predicted octanol–water partition coefficient (Wildman–Crippen LogP) is 11.2. The number of hydrogen-bond donors (Lipinski definition) is 0. The van der Waals surface area contributed by atoms with Gasteiger partial charge < -0.3 is 9.30 Å². The molecule has 0 atom stereocenters. The second-order valence-corrected chi connectivity index (χ2v) is 17.4. The van der Waals surface area contributed by atoms with Crippen LogP contribution in [-0.4, -0.2) is 19.1 Å². The van der Waals surface area contributed by atoms with Gasteiger partial charge in [0.2, 0.25) is 0 Å². The summed E-state index contributed by atoms with van der Waals surface area (Å²) >= 11 is 0. The first kappa shape index (κ1) is 38.2. The van der Waals surface area contributed by atoms with E-state index in [1.807, 2.05) is 22.9 Å². The molecule has 0 fully saturated rings. The molecule has 0 N–H and O–H groups in total. The smallest absolute Gasteiger partial charge is 0.269 e. The maximum atomic E-state index is 6.53. The number of pyridine rings is 2. The number of hydrogen-bond acceptors (Lipinski definition) is 3. The molecule has 0 amide bonds. The number of ether oxygens (including phenoxy) is 1. The standard InChI is InChI=1S/C48H47N5O.Pt/c1-31-14-13-17-41-45(31)51(35-25-33(47(5,6)7)24-34(26-35)48(8,9)10)30-52(41)43-29-37(21-23-49-43)54-36-18-19-39-38-15-11-12-16-40(38)53(42(39)28-36)44-27-32(20-22-50-44)46(2,3)4;/h11-27H,1-10H3;/q-2;. The molecule has 8 aromatic rings. The van der Waals surface area contributed by atoms with Gasteiger partial charge in [0.05, 0.1) is 22.5 Å². The zero-order valence-corrected chi connectivity index (χ0v) is 35.5. The molecule has 0 saturated heterocycles. The van der Waals surface area contributed by atoms with Crippen LogP contribution in [0.1, 0.15) is 84.6 Å². The van der Waals surface area contributed by atoms with Gasteiger partial charge in [-0.05, 0) is 86.9 Å². The van der Waals surface area contributed by atoms with Crippen LogP contribution in [0.5, 0.6) is 11.5 Å². The minimum atomic E-state index is -0.0215. The van der Waals surface area contributed by atoms with Gasteiger partial charge in [0, 0.05) is 38.5 Å². The van der Waals surface area contributed by atoms with Gasteiger partial charge in [0.1, 0.15) is 5.82 Å². The average molecular weight is 905 g/mol. The summed E-state index contributed by atoms with van der Waals surface area (Å²) in [5.74, 6) is 2.54. The molecule has 8 rings (SSSR count). The molecule has 0 aliphatic rings. The third-order valence-corrected chi connectivity index (χ3v) is 10.3. The number of para-hydroxylation sites is 2. The van der Waals surface area contributed by atoms with E-state index in [9.17, 15) is 0 Å². The van der Waals surface area contributed by atoms with E-state index in [2.05, 4.69) is 176 Å². The summed E-state index contributed by atoms with van der Waals surface area (Å²) in [4.78, 5) is 9.59. The minimum Gasteiger partial charge on any atom is -0.522 e.